The molecule has 1 heterocycles. The normalized spacial score (nSPS) is 26.4. The molecule has 0 bridgehead atoms. The second-order valence-corrected chi connectivity index (χ2v) is 4.20. The van der Waals surface area contributed by atoms with Crippen molar-refractivity contribution in [3.8, 4) is 5.75 Å². The van der Waals surface area contributed by atoms with Gasteiger partial charge in [0.1, 0.15) is 5.75 Å². The van der Waals surface area contributed by atoms with Crippen LogP contribution < -0.4 is 4.74 Å². The van der Waals surface area contributed by atoms with E-state index in [-0.39, 0.29) is 5.38 Å². The summed E-state index contributed by atoms with van der Waals surface area (Å²) in [5.41, 5.74) is 1.02. The summed E-state index contributed by atoms with van der Waals surface area (Å²) in [6, 6.07) is 3.84. The van der Waals surface area contributed by atoms with Gasteiger partial charge in [0.25, 0.3) is 0 Å². The average molecular weight is 212 g/mol. The summed E-state index contributed by atoms with van der Waals surface area (Å²) in [5, 5.41) is 0.221. The molecule has 1 aromatic rings. The largest absolute Gasteiger partial charge is 0.495 e. The van der Waals surface area contributed by atoms with Gasteiger partial charge >= 0.3 is 0 Å². The fourth-order valence-corrected chi connectivity index (χ4v) is 2.48. The molecule has 1 saturated carbocycles. The Morgan fingerprint density at radius 2 is 2.36 bits per heavy atom. The van der Waals surface area contributed by atoms with Crippen LogP contribution in [0.25, 0.3) is 0 Å². The van der Waals surface area contributed by atoms with Gasteiger partial charge in [-0.25, -0.2) is 0 Å². The third-order valence-electron chi connectivity index (χ3n) is 2.80. The molecular formula is C11H14ClNO. The molecular weight excluding hydrogens is 198 g/mol. The van der Waals surface area contributed by atoms with Crippen molar-refractivity contribution in [2.24, 2.45) is 0 Å². The van der Waals surface area contributed by atoms with Crippen molar-refractivity contribution in [3.05, 3.63) is 24.0 Å². The number of hydrogen-bond donors (Lipinski definition) is 0. The van der Waals surface area contributed by atoms with Crippen LogP contribution in [0.2, 0.25) is 0 Å². The average Bonchev–Trinajstić information content (AvgIpc) is 2.64. The molecule has 0 amide bonds. The smallest absolute Gasteiger partial charge is 0.140 e. The van der Waals surface area contributed by atoms with Gasteiger partial charge in [-0.1, -0.05) is 6.42 Å². The Balaban J connectivity index is 2.30. The predicted molar refractivity (Wildman–Crippen MR) is 57.0 cm³/mol. The van der Waals surface area contributed by atoms with Crippen LogP contribution in [0.5, 0.6) is 5.75 Å². The SMILES string of the molecule is COc1cccnc1C1CCCC1Cl. The lowest BCUT2D eigenvalue weighted by Gasteiger charge is -2.15. The minimum Gasteiger partial charge on any atom is -0.495 e. The first-order valence-corrected chi connectivity index (χ1v) is 5.39. The Bertz CT molecular complexity index is 316. The maximum Gasteiger partial charge on any atom is 0.140 e. The van der Waals surface area contributed by atoms with Crippen LogP contribution >= 0.6 is 11.6 Å². The van der Waals surface area contributed by atoms with Crippen molar-refractivity contribution < 1.29 is 4.74 Å². The highest BCUT2D eigenvalue weighted by atomic mass is 35.5. The van der Waals surface area contributed by atoms with E-state index in [2.05, 4.69) is 4.98 Å². The molecule has 1 aliphatic rings. The topological polar surface area (TPSA) is 22.1 Å². The number of hydrogen-bond acceptors (Lipinski definition) is 2. The predicted octanol–water partition coefficient (Wildman–Crippen LogP) is 2.97. The first kappa shape index (κ1) is 9.78. The summed E-state index contributed by atoms with van der Waals surface area (Å²) >= 11 is 6.25. The third-order valence-corrected chi connectivity index (χ3v) is 3.32. The van der Waals surface area contributed by atoms with Gasteiger partial charge in [-0.15, -0.1) is 11.6 Å². The number of rotatable bonds is 2. The van der Waals surface area contributed by atoms with Crippen LogP contribution in [-0.4, -0.2) is 17.5 Å². The van der Waals surface area contributed by atoms with Crippen LogP contribution in [0.3, 0.4) is 0 Å². The van der Waals surface area contributed by atoms with E-state index in [0.29, 0.717) is 5.92 Å². The lowest BCUT2D eigenvalue weighted by molar-refractivity contribution is 0.402. The van der Waals surface area contributed by atoms with E-state index in [1.807, 2.05) is 12.1 Å². The van der Waals surface area contributed by atoms with Gasteiger partial charge in [0.05, 0.1) is 12.8 Å². The molecule has 1 fully saturated rings. The number of pyridine rings is 1. The first-order valence-electron chi connectivity index (χ1n) is 4.96. The molecule has 3 heteroatoms. The lowest BCUT2D eigenvalue weighted by Crippen LogP contribution is -2.08. The van der Waals surface area contributed by atoms with Gasteiger partial charge in [0.15, 0.2) is 0 Å². The molecule has 0 saturated heterocycles. The molecule has 0 N–H and O–H groups in total. The Morgan fingerprint density at radius 1 is 1.50 bits per heavy atom. The van der Waals surface area contributed by atoms with Crippen LogP contribution in [0, 0.1) is 0 Å². The highest BCUT2D eigenvalue weighted by Gasteiger charge is 2.29. The van der Waals surface area contributed by atoms with Gasteiger partial charge in [-0.05, 0) is 25.0 Å². The number of aromatic nitrogens is 1. The van der Waals surface area contributed by atoms with Gasteiger partial charge in [-0.2, -0.15) is 0 Å². The van der Waals surface area contributed by atoms with Crippen LogP contribution in [-0.2, 0) is 0 Å². The molecule has 0 aromatic carbocycles. The first-order chi connectivity index (χ1) is 6.83. The minimum atomic E-state index is 0.221. The third kappa shape index (κ3) is 1.71. The molecule has 0 radical (unpaired) electrons. The fourth-order valence-electron chi connectivity index (χ4n) is 2.08. The number of methoxy groups -OCH3 is 1. The van der Waals surface area contributed by atoms with Crippen molar-refractivity contribution >= 4 is 11.6 Å². The summed E-state index contributed by atoms with van der Waals surface area (Å²) in [4.78, 5) is 4.37. The number of halogens is 1. The molecule has 2 rings (SSSR count). The van der Waals surface area contributed by atoms with Crippen molar-refractivity contribution in [3.63, 3.8) is 0 Å². The van der Waals surface area contributed by atoms with Crippen molar-refractivity contribution in [1.82, 2.24) is 4.98 Å². The highest BCUT2D eigenvalue weighted by molar-refractivity contribution is 6.21. The molecule has 2 unspecified atom stereocenters. The van der Waals surface area contributed by atoms with Gasteiger partial charge in [0, 0.05) is 17.5 Å². The zero-order chi connectivity index (χ0) is 9.97. The van der Waals surface area contributed by atoms with Gasteiger partial charge in [0.2, 0.25) is 0 Å². The summed E-state index contributed by atoms with van der Waals surface area (Å²) < 4.78 is 5.28. The molecule has 0 spiro atoms. The van der Waals surface area contributed by atoms with E-state index < -0.39 is 0 Å². The van der Waals surface area contributed by atoms with Crippen molar-refractivity contribution in [2.45, 2.75) is 30.6 Å². The lowest BCUT2D eigenvalue weighted by atomic mass is 10.0. The summed E-state index contributed by atoms with van der Waals surface area (Å²) in [6.45, 7) is 0. The van der Waals surface area contributed by atoms with Crippen LogP contribution in [0.1, 0.15) is 30.9 Å². The summed E-state index contributed by atoms with van der Waals surface area (Å²) in [6.07, 6.45) is 5.21. The maximum absolute atomic E-state index is 6.25. The van der Waals surface area contributed by atoms with E-state index in [1.54, 1.807) is 13.3 Å². The monoisotopic (exact) mass is 211 g/mol. The number of nitrogens with zero attached hydrogens (tertiary/aromatic N) is 1. The van der Waals surface area contributed by atoms with E-state index in [4.69, 9.17) is 16.3 Å². The van der Waals surface area contributed by atoms with E-state index in [0.717, 1.165) is 24.3 Å². The van der Waals surface area contributed by atoms with Crippen LogP contribution in [0.4, 0.5) is 0 Å². The second-order valence-electron chi connectivity index (χ2n) is 3.64. The molecule has 0 aliphatic heterocycles. The summed E-state index contributed by atoms with van der Waals surface area (Å²) in [5.74, 6) is 1.23. The number of ether oxygens (including phenoxy) is 1. The van der Waals surface area contributed by atoms with Crippen molar-refractivity contribution in [2.75, 3.05) is 7.11 Å². The molecule has 1 aromatic heterocycles. The van der Waals surface area contributed by atoms with Crippen LogP contribution in [0.15, 0.2) is 18.3 Å². The van der Waals surface area contributed by atoms with E-state index in [9.17, 15) is 0 Å². The standard InChI is InChI=1S/C11H14ClNO/c1-14-10-6-3-7-13-11(10)8-4-2-5-9(8)12/h3,6-9H,2,4-5H2,1H3. The van der Waals surface area contributed by atoms with E-state index >= 15 is 0 Å². The Morgan fingerprint density at radius 3 is 3.00 bits per heavy atom. The molecule has 76 valence electrons. The quantitative estimate of drug-likeness (QED) is 0.702. The zero-order valence-corrected chi connectivity index (χ0v) is 9.00. The fraction of sp³-hybridized carbons (Fsp3) is 0.545. The molecule has 2 nitrogen and oxygen atoms in total. The Hall–Kier alpha value is -0.760. The number of alkyl halides is 1. The second kappa shape index (κ2) is 4.18. The Kier molecular flexibility index (Phi) is 2.92. The molecule has 2 atom stereocenters. The minimum absolute atomic E-state index is 0.221. The summed E-state index contributed by atoms with van der Waals surface area (Å²) in [7, 11) is 1.68. The van der Waals surface area contributed by atoms with Gasteiger partial charge < -0.3 is 4.74 Å². The highest BCUT2D eigenvalue weighted by Crippen LogP contribution is 2.40. The Labute approximate surface area is 89.3 Å². The zero-order valence-electron chi connectivity index (χ0n) is 8.24. The molecule has 1 aliphatic carbocycles. The maximum atomic E-state index is 6.25. The van der Waals surface area contributed by atoms with E-state index in [1.165, 1.54) is 6.42 Å². The molecule has 14 heavy (non-hydrogen) atoms. The van der Waals surface area contributed by atoms with Crippen molar-refractivity contribution in [1.29, 1.82) is 0 Å². The van der Waals surface area contributed by atoms with Gasteiger partial charge in [-0.3, -0.25) is 4.98 Å².